The summed E-state index contributed by atoms with van der Waals surface area (Å²) in [6.45, 7) is 0. The van der Waals surface area contributed by atoms with Crippen LogP contribution in [-0.2, 0) is 4.74 Å². The third-order valence-electron chi connectivity index (χ3n) is 5.41. The summed E-state index contributed by atoms with van der Waals surface area (Å²) in [4.78, 5) is 11.7. The van der Waals surface area contributed by atoms with E-state index in [1.165, 1.54) is 57.6 Å². The van der Waals surface area contributed by atoms with E-state index in [2.05, 4.69) is 41.7 Å². The molecule has 1 aliphatic carbocycles. The van der Waals surface area contributed by atoms with Gasteiger partial charge < -0.3 is 10.1 Å². The molecule has 0 aromatic heterocycles. The Morgan fingerprint density at radius 3 is 2.15 bits per heavy atom. The number of hydrogen-bond donors (Lipinski definition) is 1. The minimum absolute atomic E-state index is 0.266. The van der Waals surface area contributed by atoms with Crippen LogP contribution in [0.3, 0.4) is 0 Å². The van der Waals surface area contributed by atoms with E-state index in [0.29, 0.717) is 11.5 Å². The van der Waals surface area contributed by atoms with Gasteiger partial charge in [0.1, 0.15) is 0 Å². The maximum Gasteiger partial charge on any atom is 0.337 e. The summed E-state index contributed by atoms with van der Waals surface area (Å²) in [6, 6.07) is 18.6. The van der Waals surface area contributed by atoms with E-state index >= 15 is 0 Å². The summed E-state index contributed by atoms with van der Waals surface area (Å²) < 4.78 is 4.82. The normalized spacial score (nSPS) is 17.0. The zero-order valence-corrected chi connectivity index (χ0v) is 15.6. The molecule has 1 aliphatic rings. The van der Waals surface area contributed by atoms with E-state index in [-0.39, 0.29) is 12.0 Å². The highest BCUT2D eigenvalue weighted by atomic mass is 16.5. The van der Waals surface area contributed by atoms with Gasteiger partial charge in [-0.1, -0.05) is 62.4 Å². The van der Waals surface area contributed by atoms with Crippen LogP contribution >= 0.6 is 0 Å². The molecule has 0 spiro atoms. The molecule has 1 N–H and O–H groups in total. The van der Waals surface area contributed by atoms with Crippen LogP contribution in [0.5, 0.6) is 0 Å². The van der Waals surface area contributed by atoms with Crippen molar-refractivity contribution >= 4 is 11.7 Å². The third kappa shape index (κ3) is 4.87. The van der Waals surface area contributed by atoms with Crippen molar-refractivity contribution in [1.82, 2.24) is 0 Å². The monoisotopic (exact) mass is 351 g/mol. The average molecular weight is 351 g/mol. The quantitative estimate of drug-likeness (QED) is 0.673. The largest absolute Gasteiger partial charge is 0.465 e. The predicted octanol–water partition coefficient (Wildman–Crippen LogP) is 5.99. The summed E-state index contributed by atoms with van der Waals surface area (Å²) >= 11 is 0. The number of anilines is 1. The van der Waals surface area contributed by atoms with Gasteiger partial charge in [0.15, 0.2) is 0 Å². The number of esters is 1. The van der Waals surface area contributed by atoms with Crippen LogP contribution < -0.4 is 5.32 Å². The van der Waals surface area contributed by atoms with Crippen LogP contribution in [-0.4, -0.2) is 13.1 Å². The fraction of sp³-hybridized carbons (Fsp3) is 0.435. The minimum atomic E-state index is -0.282. The van der Waals surface area contributed by atoms with Crippen molar-refractivity contribution < 1.29 is 9.53 Å². The lowest BCUT2D eigenvalue weighted by Gasteiger charge is -2.31. The Hall–Kier alpha value is -2.29. The first-order chi connectivity index (χ1) is 12.8. The van der Waals surface area contributed by atoms with E-state index in [1.807, 2.05) is 18.2 Å². The molecule has 1 atom stereocenters. The number of carbonyl (C=O) groups excluding carboxylic acids is 1. The maximum atomic E-state index is 11.7. The molecule has 3 rings (SSSR count). The lowest BCUT2D eigenvalue weighted by Crippen LogP contribution is -2.22. The zero-order chi connectivity index (χ0) is 18.2. The van der Waals surface area contributed by atoms with Crippen molar-refractivity contribution in [1.29, 1.82) is 0 Å². The Morgan fingerprint density at radius 2 is 1.54 bits per heavy atom. The van der Waals surface area contributed by atoms with Crippen LogP contribution in [0, 0.1) is 5.92 Å². The first-order valence-corrected chi connectivity index (χ1v) is 9.78. The van der Waals surface area contributed by atoms with Crippen LogP contribution in [0.4, 0.5) is 5.69 Å². The summed E-state index contributed by atoms with van der Waals surface area (Å²) in [6.07, 6.45) is 9.17. The molecule has 0 amide bonds. The van der Waals surface area contributed by atoms with Gasteiger partial charge in [0.2, 0.25) is 0 Å². The van der Waals surface area contributed by atoms with Crippen LogP contribution in [0.15, 0.2) is 54.6 Å². The maximum absolute atomic E-state index is 11.7. The minimum Gasteiger partial charge on any atom is -0.465 e. The summed E-state index contributed by atoms with van der Waals surface area (Å²) in [5, 5.41) is 3.76. The van der Waals surface area contributed by atoms with Crippen LogP contribution in [0.25, 0.3) is 0 Å². The number of methoxy groups -OCH3 is 1. The molecule has 0 saturated heterocycles. The van der Waals surface area contributed by atoms with Gasteiger partial charge >= 0.3 is 5.97 Å². The van der Waals surface area contributed by atoms with E-state index in [0.717, 1.165) is 5.69 Å². The second-order valence-electron chi connectivity index (χ2n) is 7.21. The topological polar surface area (TPSA) is 38.3 Å². The van der Waals surface area contributed by atoms with Crippen LogP contribution in [0.1, 0.15) is 66.9 Å². The number of carbonyl (C=O) groups is 1. The smallest absolute Gasteiger partial charge is 0.337 e. The fourth-order valence-electron chi connectivity index (χ4n) is 3.95. The molecule has 0 bridgehead atoms. The Labute approximate surface area is 156 Å². The van der Waals surface area contributed by atoms with Crippen molar-refractivity contribution in [3.8, 4) is 0 Å². The Morgan fingerprint density at radius 1 is 0.923 bits per heavy atom. The molecule has 0 aliphatic heterocycles. The molecule has 2 aromatic carbocycles. The van der Waals surface area contributed by atoms with Gasteiger partial charge in [-0.2, -0.15) is 0 Å². The lowest BCUT2D eigenvalue weighted by molar-refractivity contribution is 0.0600. The second-order valence-corrected chi connectivity index (χ2v) is 7.21. The molecule has 1 saturated carbocycles. The number of rotatable bonds is 5. The number of hydrogen-bond acceptors (Lipinski definition) is 3. The van der Waals surface area contributed by atoms with Crippen molar-refractivity contribution in [3.05, 3.63) is 65.7 Å². The highest BCUT2D eigenvalue weighted by Gasteiger charge is 2.24. The number of ether oxygens (including phenoxy) is 1. The van der Waals surface area contributed by atoms with E-state index in [1.54, 1.807) is 0 Å². The molecule has 2 aromatic rings. The van der Waals surface area contributed by atoms with Crippen molar-refractivity contribution in [2.45, 2.75) is 51.0 Å². The molecule has 0 heterocycles. The van der Waals surface area contributed by atoms with Gasteiger partial charge in [-0.05, 0) is 48.6 Å². The first-order valence-electron chi connectivity index (χ1n) is 9.78. The molecule has 1 unspecified atom stereocenters. The van der Waals surface area contributed by atoms with E-state index in [9.17, 15) is 4.79 Å². The predicted molar refractivity (Wildman–Crippen MR) is 106 cm³/mol. The highest BCUT2D eigenvalue weighted by Crippen LogP contribution is 2.35. The standard InChI is InChI=1S/C23H29NO2/c1-26-23(25)20-16-14-19(15-17-20)22(24-21-12-8-5-9-13-21)18-10-6-3-2-4-7-11-18/h5,8-9,12-18,22,24H,2-4,6-7,10-11H2,1H3. The lowest BCUT2D eigenvalue weighted by atomic mass is 9.82. The summed E-state index contributed by atoms with van der Waals surface area (Å²) in [5.74, 6) is 0.328. The van der Waals surface area contributed by atoms with Crippen LogP contribution in [0.2, 0.25) is 0 Å². The molecule has 3 nitrogen and oxygen atoms in total. The van der Waals surface area contributed by atoms with Gasteiger partial charge in [0, 0.05) is 5.69 Å². The molecule has 26 heavy (non-hydrogen) atoms. The molecule has 1 fully saturated rings. The SMILES string of the molecule is COC(=O)c1ccc(C(Nc2ccccc2)C2CCCCCCC2)cc1. The first kappa shape index (κ1) is 18.5. The molecule has 138 valence electrons. The zero-order valence-electron chi connectivity index (χ0n) is 15.6. The fourth-order valence-corrected chi connectivity index (χ4v) is 3.95. The Bertz CT molecular complexity index is 673. The average Bonchev–Trinajstić information content (AvgIpc) is 2.67. The Balaban J connectivity index is 1.84. The van der Waals surface area contributed by atoms with E-state index < -0.39 is 0 Å². The van der Waals surface area contributed by atoms with Gasteiger partial charge in [0.05, 0.1) is 18.7 Å². The van der Waals surface area contributed by atoms with Crippen molar-refractivity contribution in [3.63, 3.8) is 0 Å². The second kappa shape index (κ2) is 9.42. The highest BCUT2D eigenvalue weighted by molar-refractivity contribution is 5.89. The van der Waals surface area contributed by atoms with Crippen molar-refractivity contribution in [2.75, 3.05) is 12.4 Å². The third-order valence-corrected chi connectivity index (χ3v) is 5.41. The summed E-state index contributed by atoms with van der Waals surface area (Å²) in [7, 11) is 1.42. The van der Waals surface area contributed by atoms with Gasteiger partial charge in [-0.15, -0.1) is 0 Å². The molecule has 3 heteroatoms. The van der Waals surface area contributed by atoms with Gasteiger partial charge in [-0.3, -0.25) is 0 Å². The van der Waals surface area contributed by atoms with Gasteiger partial charge in [-0.25, -0.2) is 4.79 Å². The Kier molecular flexibility index (Phi) is 6.70. The molecule has 0 radical (unpaired) electrons. The summed E-state index contributed by atoms with van der Waals surface area (Å²) in [5.41, 5.74) is 3.00. The number of para-hydroxylation sites is 1. The molecular formula is C23H29NO2. The van der Waals surface area contributed by atoms with E-state index in [4.69, 9.17) is 4.74 Å². The van der Waals surface area contributed by atoms with Gasteiger partial charge in [0.25, 0.3) is 0 Å². The number of benzene rings is 2. The van der Waals surface area contributed by atoms with Crippen molar-refractivity contribution in [2.24, 2.45) is 5.92 Å². The number of nitrogens with one attached hydrogen (secondary N) is 1. The molecular weight excluding hydrogens is 322 g/mol.